The van der Waals surface area contributed by atoms with Crippen LogP contribution in [0.3, 0.4) is 0 Å². The number of nitrogens with two attached hydrogens (primary N) is 1. The molecule has 2 heterocycles. The Balaban J connectivity index is 0.000000434. The van der Waals surface area contributed by atoms with E-state index >= 15 is 0 Å². The van der Waals surface area contributed by atoms with Gasteiger partial charge in [-0.15, -0.1) is 24.8 Å². The maximum absolute atomic E-state index is 11.4. The number of aromatic nitrogens is 4. The number of carbonyl (C=O) groups is 3. The molecule has 6 N–H and O–H groups in total. The average Bonchev–Trinajstić information content (AvgIpc) is 3.65. The van der Waals surface area contributed by atoms with Crippen LogP contribution in [0, 0.1) is 13.8 Å². The van der Waals surface area contributed by atoms with Crippen LogP contribution in [0.25, 0.3) is 23.5 Å². The van der Waals surface area contributed by atoms with E-state index in [2.05, 4.69) is 9.97 Å². The van der Waals surface area contributed by atoms with Crippen molar-refractivity contribution in [2.75, 3.05) is 14.2 Å². The Morgan fingerprint density at radius 1 is 0.778 bits per heavy atom. The van der Waals surface area contributed by atoms with Crippen molar-refractivity contribution >= 4 is 54.9 Å². The van der Waals surface area contributed by atoms with E-state index in [1.807, 2.05) is 76.6 Å². The third kappa shape index (κ3) is 11.4. The molecule has 16 heteroatoms. The Hall–Kier alpha value is -5.31. The zero-order chi connectivity index (χ0) is 31.4. The fourth-order valence-corrected chi connectivity index (χ4v) is 3.68. The highest BCUT2D eigenvalue weighted by atomic mass is 35.5. The lowest BCUT2D eigenvalue weighted by Crippen LogP contribution is -2.39. The van der Waals surface area contributed by atoms with Gasteiger partial charge in [-0.05, 0) is 61.4 Å². The number of hydrazine groups is 2. The fraction of sp³-hybridized carbons (Fsp3) is 0.138. The number of imidazole rings is 2. The van der Waals surface area contributed by atoms with E-state index in [1.54, 1.807) is 50.5 Å². The number of amides is 3. The lowest BCUT2D eigenvalue weighted by molar-refractivity contribution is -0.117. The number of rotatable bonds is 8. The van der Waals surface area contributed by atoms with Gasteiger partial charge in [-0.2, -0.15) is 0 Å². The Bertz CT molecular complexity index is 1650. The van der Waals surface area contributed by atoms with Gasteiger partial charge in [-0.25, -0.2) is 26.0 Å². The molecule has 240 valence electrons. The minimum absolute atomic E-state index is 0. The Labute approximate surface area is 271 Å². The van der Waals surface area contributed by atoms with Crippen LogP contribution in [0.4, 0.5) is 4.79 Å². The first-order valence-electron chi connectivity index (χ1n) is 12.7. The van der Waals surface area contributed by atoms with Gasteiger partial charge in [0.05, 0.1) is 49.6 Å². The molecule has 45 heavy (non-hydrogen) atoms. The van der Waals surface area contributed by atoms with Gasteiger partial charge < -0.3 is 23.7 Å². The molecule has 2 aromatic carbocycles. The molecule has 0 unspecified atom stereocenters. The second-order valence-electron chi connectivity index (χ2n) is 8.80. The first kappa shape index (κ1) is 37.7. The van der Waals surface area contributed by atoms with E-state index in [1.165, 1.54) is 12.2 Å². The number of benzene rings is 2. The summed E-state index contributed by atoms with van der Waals surface area (Å²) in [6.07, 6.45) is 11.6. The summed E-state index contributed by atoms with van der Waals surface area (Å²) in [5.74, 6) is 5.37. The number of hydrogen-bond donors (Lipinski definition) is 5. The molecule has 0 spiro atoms. The molecule has 2 aromatic heterocycles. The average molecular weight is 662 g/mol. The highest BCUT2D eigenvalue weighted by molar-refractivity contribution is 5.92. The summed E-state index contributed by atoms with van der Waals surface area (Å²) in [5.41, 5.74) is 10.9. The highest BCUT2D eigenvalue weighted by Gasteiger charge is 2.08. The number of ether oxygens (including phenoxy) is 2. The van der Waals surface area contributed by atoms with Crippen LogP contribution in [0.5, 0.6) is 11.5 Å². The third-order valence-electron chi connectivity index (χ3n) is 5.68. The van der Waals surface area contributed by atoms with Crippen molar-refractivity contribution < 1.29 is 29.0 Å². The molecule has 3 amide bonds. The van der Waals surface area contributed by atoms with Gasteiger partial charge >= 0.3 is 6.09 Å². The summed E-state index contributed by atoms with van der Waals surface area (Å²) < 4.78 is 14.5. The summed E-state index contributed by atoms with van der Waals surface area (Å²) in [4.78, 5) is 41.1. The zero-order valence-corrected chi connectivity index (χ0v) is 26.4. The van der Waals surface area contributed by atoms with Crippen LogP contribution in [0.2, 0.25) is 0 Å². The van der Waals surface area contributed by atoms with E-state index in [4.69, 9.17) is 20.4 Å². The summed E-state index contributed by atoms with van der Waals surface area (Å²) >= 11 is 0. The topological polar surface area (TPSA) is 188 Å². The lowest BCUT2D eigenvalue weighted by Gasteiger charge is -2.10. The first-order chi connectivity index (χ1) is 20.6. The van der Waals surface area contributed by atoms with Gasteiger partial charge in [0, 0.05) is 24.5 Å². The first-order valence-corrected chi connectivity index (χ1v) is 12.7. The summed E-state index contributed by atoms with van der Waals surface area (Å²) in [5, 5.41) is 8.38. The second kappa shape index (κ2) is 18.4. The monoisotopic (exact) mass is 660 g/mol. The molecule has 0 aliphatic carbocycles. The van der Waals surface area contributed by atoms with Gasteiger partial charge in [-0.1, -0.05) is 12.1 Å². The van der Waals surface area contributed by atoms with Crippen LogP contribution in [0.15, 0.2) is 73.6 Å². The smallest absolute Gasteiger partial charge is 0.423 e. The molecule has 0 saturated carbocycles. The van der Waals surface area contributed by atoms with E-state index < -0.39 is 12.0 Å². The van der Waals surface area contributed by atoms with Crippen molar-refractivity contribution in [2.24, 2.45) is 5.84 Å². The summed E-state index contributed by atoms with van der Waals surface area (Å²) in [7, 11) is 3.16. The van der Waals surface area contributed by atoms with Crippen molar-refractivity contribution in [3.63, 3.8) is 0 Å². The van der Waals surface area contributed by atoms with Crippen molar-refractivity contribution in [3.05, 3.63) is 96.1 Å². The summed E-state index contributed by atoms with van der Waals surface area (Å²) in [6, 6.07) is 11.0. The molecular formula is C29H34Cl2N8O6. The molecule has 0 radical (unpaired) electrons. The molecule has 0 aliphatic heterocycles. The number of halogens is 2. The zero-order valence-electron chi connectivity index (χ0n) is 24.8. The highest BCUT2D eigenvalue weighted by Crippen LogP contribution is 2.26. The van der Waals surface area contributed by atoms with Crippen molar-refractivity contribution in [1.29, 1.82) is 0 Å². The van der Waals surface area contributed by atoms with E-state index in [0.717, 1.165) is 33.9 Å². The summed E-state index contributed by atoms with van der Waals surface area (Å²) in [6.45, 7) is 3.81. The molecule has 0 bridgehead atoms. The van der Waals surface area contributed by atoms with Gasteiger partial charge in [0.25, 0.3) is 11.8 Å². The number of aryl methyl sites for hydroxylation is 2. The maximum Gasteiger partial charge on any atom is 0.423 e. The van der Waals surface area contributed by atoms with Crippen LogP contribution in [-0.2, 0) is 9.59 Å². The number of methoxy groups -OCH3 is 2. The minimum atomic E-state index is -1.34. The quantitative estimate of drug-likeness (QED) is 0.0815. The third-order valence-corrected chi connectivity index (χ3v) is 5.68. The minimum Gasteiger partial charge on any atom is -0.495 e. The maximum atomic E-state index is 11.4. The van der Waals surface area contributed by atoms with Gasteiger partial charge in [-0.3, -0.25) is 20.4 Å². The van der Waals surface area contributed by atoms with Gasteiger partial charge in [0.1, 0.15) is 11.5 Å². The van der Waals surface area contributed by atoms with Gasteiger partial charge in [0.15, 0.2) is 0 Å². The van der Waals surface area contributed by atoms with Crippen LogP contribution < -0.4 is 31.6 Å². The molecule has 14 nitrogen and oxygen atoms in total. The van der Waals surface area contributed by atoms with Crippen molar-refractivity contribution in [3.8, 4) is 22.9 Å². The Morgan fingerprint density at radius 2 is 1.22 bits per heavy atom. The SMILES string of the molecule is COc1cc(/C=C/C(=O)NN)ccc1-n1cnc(C)c1.COc1cc(/C=C/C(=O)NNC(=O)O)ccc1-n1cnc(C)c1.Cl.Cl. The van der Waals surface area contributed by atoms with Crippen molar-refractivity contribution in [1.82, 2.24) is 35.4 Å². The molecule has 0 saturated heterocycles. The Kier molecular flexibility index (Phi) is 15.4. The van der Waals surface area contributed by atoms with E-state index in [9.17, 15) is 14.4 Å². The molecule has 0 fully saturated rings. The molecule has 0 atom stereocenters. The second-order valence-corrected chi connectivity index (χ2v) is 8.80. The van der Waals surface area contributed by atoms with Crippen LogP contribution >= 0.6 is 24.8 Å². The van der Waals surface area contributed by atoms with Crippen LogP contribution in [0.1, 0.15) is 22.5 Å². The normalized spacial score (nSPS) is 10.2. The fourth-order valence-electron chi connectivity index (χ4n) is 3.68. The predicted molar refractivity (Wildman–Crippen MR) is 174 cm³/mol. The molecule has 4 rings (SSSR count). The Morgan fingerprint density at radius 3 is 1.58 bits per heavy atom. The largest absolute Gasteiger partial charge is 0.495 e. The van der Waals surface area contributed by atoms with E-state index in [-0.39, 0.29) is 30.7 Å². The molecular weight excluding hydrogens is 627 g/mol. The standard InChI is InChI=1S/C15H16N4O4.C14H16N4O2.2ClH/c1-10-8-19(9-16-10)12-5-3-11(7-13(12)23-2)4-6-14(20)17-18-15(21)22;1-10-8-18(9-16-10)12-5-3-11(7-13(12)20-2)4-6-14(19)17-15;;/h3-9,18H,1-2H3,(H,17,20)(H,21,22);3-9H,15H2,1-2H3,(H,17,19);2*1H/b2*6-4+;;. The number of hydrogen-bond acceptors (Lipinski definition) is 8. The predicted octanol–water partition coefficient (Wildman–Crippen LogP) is 3.54. The van der Waals surface area contributed by atoms with E-state index in [0.29, 0.717) is 11.5 Å². The number of carbonyl (C=O) groups excluding carboxylic acids is 2. The number of nitrogens with one attached hydrogen (secondary N) is 3. The van der Waals surface area contributed by atoms with Crippen LogP contribution in [-0.4, -0.2) is 56.3 Å². The molecule has 4 aromatic rings. The lowest BCUT2D eigenvalue weighted by atomic mass is 10.1. The number of nitrogens with zero attached hydrogens (tertiary/aromatic N) is 4. The van der Waals surface area contributed by atoms with Crippen molar-refractivity contribution in [2.45, 2.75) is 13.8 Å². The van der Waals surface area contributed by atoms with Gasteiger partial charge in [0.2, 0.25) is 0 Å². The molecule has 0 aliphatic rings. The number of carboxylic acid groups (broad SMARTS) is 1.